The lowest BCUT2D eigenvalue weighted by Gasteiger charge is -2.00. The summed E-state index contributed by atoms with van der Waals surface area (Å²) in [5.41, 5.74) is 2.50. The summed E-state index contributed by atoms with van der Waals surface area (Å²) < 4.78 is 0. The Labute approximate surface area is 125 Å². The van der Waals surface area contributed by atoms with Gasteiger partial charge < -0.3 is 5.32 Å². The first kappa shape index (κ1) is 16.6. The molecule has 1 N–H and O–H groups in total. The van der Waals surface area contributed by atoms with Crippen LogP contribution in [0.3, 0.4) is 0 Å². The number of aryl methyl sites for hydroxylation is 1. The van der Waals surface area contributed by atoms with Crippen LogP contribution in [0.1, 0.15) is 29.9 Å². The summed E-state index contributed by atoms with van der Waals surface area (Å²) >= 11 is 0. The van der Waals surface area contributed by atoms with Crippen molar-refractivity contribution in [3.8, 4) is 0 Å². The number of carbonyl (C=O) groups excluding carboxylic acids is 1. The predicted octanol–water partition coefficient (Wildman–Crippen LogP) is 3.51. The summed E-state index contributed by atoms with van der Waals surface area (Å²) in [4.78, 5) is 18.6. The van der Waals surface area contributed by atoms with Crippen LogP contribution in [-0.4, -0.2) is 24.2 Å². The summed E-state index contributed by atoms with van der Waals surface area (Å²) in [5, 5.41) is 4.03. The Morgan fingerprint density at radius 1 is 1.29 bits per heavy atom. The fourth-order valence-electron chi connectivity index (χ4n) is 1.64. The highest BCUT2D eigenvalue weighted by atomic mass is 16.1. The summed E-state index contributed by atoms with van der Waals surface area (Å²) in [7, 11) is 1.76. The Hall–Kier alpha value is -2.49. The Bertz CT molecular complexity index is 660. The number of rotatable bonds is 2. The molecule has 0 aliphatic rings. The van der Waals surface area contributed by atoms with Crippen molar-refractivity contribution in [1.82, 2.24) is 10.3 Å². The van der Waals surface area contributed by atoms with Gasteiger partial charge >= 0.3 is 0 Å². The average molecular weight is 283 g/mol. The van der Waals surface area contributed by atoms with Crippen molar-refractivity contribution in [2.24, 2.45) is 4.99 Å². The molecule has 0 atom stereocenters. The molecule has 0 saturated carbocycles. The Kier molecular flexibility index (Phi) is 6.81. The van der Waals surface area contributed by atoms with E-state index in [1.54, 1.807) is 13.1 Å². The minimum absolute atomic E-state index is 0.488. The minimum Gasteiger partial charge on any atom is -0.351 e. The first-order valence-electron chi connectivity index (χ1n) is 6.75. The van der Waals surface area contributed by atoms with E-state index in [0.717, 1.165) is 28.6 Å². The number of carbonyl (C=O) groups is 1. The summed E-state index contributed by atoms with van der Waals surface area (Å²) in [6.45, 7) is 5.86. The standard InChI is InChI=1S/C11H9NO.C6H12N2/c1-8-3-2-4-9-5-6-10(7-13)12-11(8)9;1-4-5-8-6(2)7-3/h2-7H,1H3;4-5H,1-3H3,(H,7,8)/b;5-4-. The fraction of sp³-hybridized carbons (Fsp3) is 0.235. The average Bonchev–Trinajstić information content (AvgIpc) is 2.53. The number of fused-ring (bicyclic) bond motifs is 1. The number of nitrogens with zero attached hydrogens (tertiary/aromatic N) is 2. The highest BCUT2D eigenvalue weighted by molar-refractivity contribution is 5.85. The van der Waals surface area contributed by atoms with Crippen LogP contribution < -0.4 is 5.32 Å². The number of pyridine rings is 1. The lowest BCUT2D eigenvalue weighted by Crippen LogP contribution is -2.11. The zero-order chi connectivity index (χ0) is 15.7. The molecule has 0 bridgehead atoms. The number of benzene rings is 1. The first-order valence-corrected chi connectivity index (χ1v) is 6.75. The predicted molar refractivity (Wildman–Crippen MR) is 88.9 cm³/mol. The lowest BCUT2D eigenvalue weighted by molar-refractivity contribution is 0.111. The van der Waals surface area contributed by atoms with Gasteiger partial charge in [-0.2, -0.15) is 0 Å². The molecular formula is C17H21N3O. The van der Waals surface area contributed by atoms with Gasteiger partial charge in [0, 0.05) is 12.4 Å². The van der Waals surface area contributed by atoms with Gasteiger partial charge in [-0.1, -0.05) is 30.3 Å². The van der Waals surface area contributed by atoms with Gasteiger partial charge in [0.1, 0.15) is 5.69 Å². The van der Waals surface area contributed by atoms with E-state index in [0.29, 0.717) is 5.69 Å². The number of hydrogen-bond donors (Lipinski definition) is 1. The molecule has 0 aliphatic heterocycles. The van der Waals surface area contributed by atoms with Crippen molar-refractivity contribution in [3.63, 3.8) is 0 Å². The third-order valence-corrected chi connectivity index (χ3v) is 2.86. The first-order chi connectivity index (χ1) is 10.1. The maximum Gasteiger partial charge on any atom is 0.168 e. The molecule has 2 aromatic rings. The number of aliphatic imine (C=N–C) groups is 1. The highest BCUT2D eigenvalue weighted by Gasteiger charge is 1.98. The zero-order valence-electron chi connectivity index (χ0n) is 12.9. The molecule has 21 heavy (non-hydrogen) atoms. The molecule has 1 aromatic heterocycles. The lowest BCUT2D eigenvalue weighted by atomic mass is 10.1. The molecule has 1 heterocycles. The molecule has 2 rings (SSSR count). The number of para-hydroxylation sites is 1. The van der Waals surface area contributed by atoms with Crippen LogP contribution in [0.15, 0.2) is 47.6 Å². The van der Waals surface area contributed by atoms with Crippen LogP contribution in [0.25, 0.3) is 10.9 Å². The van der Waals surface area contributed by atoms with Gasteiger partial charge in [-0.15, -0.1) is 0 Å². The van der Waals surface area contributed by atoms with Crippen molar-refractivity contribution in [2.75, 3.05) is 7.05 Å². The van der Waals surface area contributed by atoms with E-state index < -0.39 is 0 Å². The Morgan fingerprint density at radius 3 is 2.67 bits per heavy atom. The van der Waals surface area contributed by atoms with Crippen LogP contribution in [0, 0.1) is 6.92 Å². The normalized spacial score (nSPS) is 11.1. The van der Waals surface area contributed by atoms with Gasteiger partial charge in [0.15, 0.2) is 6.29 Å². The van der Waals surface area contributed by atoms with Gasteiger partial charge in [0.2, 0.25) is 0 Å². The van der Waals surface area contributed by atoms with Crippen molar-refractivity contribution >= 4 is 23.0 Å². The monoisotopic (exact) mass is 283 g/mol. The molecule has 110 valence electrons. The van der Waals surface area contributed by atoms with Crippen LogP contribution >= 0.6 is 0 Å². The molecule has 0 saturated heterocycles. The summed E-state index contributed by atoms with van der Waals surface area (Å²) in [6, 6.07) is 9.61. The summed E-state index contributed by atoms with van der Waals surface area (Å²) in [6.07, 6.45) is 4.54. The van der Waals surface area contributed by atoms with Crippen LogP contribution in [0.4, 0.5) is 0 Å². The van der Waals surface area contributed by atoms with E-state index in [2.05, 4.69) is 15.3 Å². The number of hydrogen-bond acceptors (Lipinski definition) is 3. The van der Waals surface area contributed by atoms with E-state index in [9.17, 15) is 4.79 Å². The molecule has 0 unspecified atom stereocenters. The van der Waals surface area contributed by atoms with Crippen LogP contribution in [0.2, 0.25) is 0 Å². The SMILES string of the molecule is C/C=C\NC(C)=NC.Cc1cccc2ccc(C=O)nc12. The molecule has 1 aromatic carbocycles. The van der Waals surface area contributed by atoms with Crippen molar-refractivity contribution in [3.05, 3.63) is 53.9 Å². The Morgan fingerprint density at radius 2 is 2.05 bits per heavy atom. The van der Waals surface area contributed by atoms with E-state index in [4.69, 9.17) is 0 Å². The van der Waals surface area contributed by atoms with E-state index in [1.165, 1.54) is 0 Å². The second-order valence-corrected chi connectivity index (χ2v) is 4.45. The molecule has 0 fully saturated rings. The second-order valence-electron chi connectivity index (χ2n) is 4.45. The second kappa shape index (κ2) is 8.64. The molecule has 4 heteroatoms. The topological polar surface area (TPSA) is 54.4 Å². The number of aldehydes is 1. The van der Waals surface area contributed by atoms with Gasteiger partial charge in [-0.3, -0.25) is 9.79 Å². The molecule has 0 radical (unpaired) electrons. The quantitative estimate of drug-likeness (QED) is 0.521. The number of amidine groups is 1. The molecule has 0 aliphatic carbocycles. The Balaban J connectivity index is 0.000000240. The third kappa shape index (κ3) is 5.18. The van der Waals surface area contributed by atoms with E-state index >= 15 is 0 Å². The zero-order valence-corrected chi connectivity index (χ0v) is 12.9. The smallest absolute Gasteiger partial charge is 0.168 e. The van der Waals surface area contributed by atoms with Gasteiger partial charge in [-0.05, 0) is 38.6 Å². The summed E-state index contributed by atoms with van der Waals surface area (Å²) in [5.74, 6) is 0.933. The number of allylic oxidation sites excluding steroid dienone is 1. The molecule has 4 nitrogen and oxygen atoms in total. The van der Waals surface area contributed by atoms with Crippen molar-refractivity contribution in [2.45, 2.75) is 20.8 Å². The molecular weight excluding hydrogens is 262 g/mol. The maximum atomic E-state index is 10.5. The minimum atomic E-state index is 0.488. The van der Waals surface area contributed by atoms with Crippen LogP contribution in [0.5, 0.6) is 0 Å². The maximum absolute atomic E-state index is 10.5. The van der Waals surface area contributed by atoms with Gasteiger partial charge in [-0.25, -0.2) is 4.98 Å². The van der Waals surface area contributed by atoms with E-state index in [1.807, 2.05) is 57.3 Å². The van der Waals surface area contributed by atoms with Crippen molar-refractivity contribution < 1.29 is 4.79 Å². The third-order valence-electron chi connectivity index (χ3n) is 2.86. The van der Waals surface area contributed by atoms with Crippen LogP contribution in [-0.2, 0) is 0 Å². The molecule has 0 amide bonds. The highest BCUT2D eigenvalue weighted by Crippen LogP contribution is 2.15. The fourth-order valence-corrected chi connectivity index (χ4v) is 1.64. The number of aromatic nitrogens is 1. The van der Waals surface area contributed by atoms with Gasteiger partial charge in [0.25, 0.3) is 0 Å². The van der Waals surface area contributed by atoms with E-state index in [-0.39, 0.29) is 0 Å². The van der Waals surface area contributed by atoms with Gasteiger partial charge in [0.05, 0.1) is 11.4 Å². The van der Waals surface area contributed by atoms with Crippen molar-refractivity contribution in [1.29, 1.82) is 0 Å². The number of nitrogens with one attached hydrogen (secondary N) is 1. The molecule has 0 spiro atoms. The largest absolute Gasteiger partial charge is 0.351 e.